The SMILES string of the molecule is CNC(C)Cn1ccc2nc(OC)ccc21. The van der Waals surface area contributed by atoms with E-state index in [1.807, 2.05) is 25.2 Å². The van der Waals surface area contributed by atoms with Gasteiger partial charge in [-0.15, -0.1) is 0 Å². The van der Waals surface area contributed by atoms with E-state index in [9.17, 15) is 0 Å². The molecule has 0 saturated heterocycles. The lowest BCUT2D eigenvalue weighted by atomic mass is 10.3. The van der Waals surface area contributed by atoms with E-state index >= 15 is 0 Å². The van der Waals surface area contributed by atoms with Gasteiger partial charge in [-0.3, -0.25) is 0 Å². The maximum absolute atomic E-state index is 5.10. The Hall–Kier alpha value is -1.55. The summed E-state index contributed by atoms with van der Waals surface area (Å²) in [6.45, 7) is 3.09. The van der Waals surface area contributed by atoms with E-state index in [1.54, 1.807) is 7.11 Å². The fourth-order valence-corrected chi connectivity index (χ4v) is 1.71. The van der Waals surface area contributed by atoms with Gasteiger partial charge >= 0.3 is 0 Å². The molecule has 0 aliphatic rings. The molecule has 2 aromatic heterocycles. The zero-order valence-electron chi connectivity index (χ0n) is 9.90. The Kier molecular flexibility index (Phi) is 3.10. The molecular formula is C12H17N3O. The Labute approximate surface area is 95.2 Å². The summed E-state index contributed by atoms with van der Waals surface area (Å²) >= 11 is 0. The van der Waals surface area contributed by atoms with Crippen molar-refractivity contribution in [1.29, 1.82) is 0 Å². The summed E-state index contributed by atoms with van der Waals surface area (Å²) in [6.07, 6.45) is 2.06. The highest BCUT2D eigenvalue weighted by molar-refractivity contribution is 5.76. The second kappa shape index (κ2) is 4.53. The van der Waals surface area contributed by atoms with Crippen LogP contribution < -0.4 is 10.1 Å². The van der Waals surface area contributed by atoms with Gasteiger partial charge in [-0.05, 0) is 26.1 Å². The number of aromatic nitrogens is 2. The van der Waals surface area contributed by atoms with Crippen molar-refractivity contribution in [2.75, 3.05) is 14.2 Å². The molecule has 0 aliphatic carbocycles. The maximum Gasteiger partial charge on any atom is 0.213 e. The van der Waals surface area contributed by atoms with E-state index in [0.29, 0.717) is 11.9 Å². The topological polar surface area (TPSA) is 39.1 Å². The number of pyridine rings is 1. The molecule has 0 fully saturated rings. The summed E-state index contributed by atoms with van der Waals surface area (Å²) in [4.78, 5) is 4.38. The predicted octanol–water partition coefficient (Wildman–Crippen LogP) is 1.65. The van der Waals surface area contributed by atoms with E-state index < -0.39 is 0 Å². The Morgan fingerprint density at radius 2 is 2.25 bits per heavy atom. The summed E-state index contributed by atoms with van der Waals surface area (Å²) in [6, 6.07) is 6.39. The van der Waals surface area contributed by atoms with Gasteiger partial charge < -0.3 is 14.6 Å². The lowest BCUT2D eigenvalue weighted by Crippen LogP contribution is -2.26. The van der Waals surface area contributed by atoms with Crippen LogP contribution in [0, 0.1) is 0 Å². The first kappa shape index (κ1) is 11.0. The van der Waals surface area contributed by atoms with Crippen LogP contribution in [0.2, 0.25) is 0 Å². The number of fused-ring (bicyclic) bond motifs is 1. The molecule has 0 saturated carbocycles. The van der Waals surface area contributed by atoms with Gasteiger partial charge in [0.1, 0.15) is 0 Å². The van der Waals surface area contributed by atoms with Gasteiger partial charge in [-0.25, -0.2) is 4.98 Å². The van der Waals surface area contributed by atoms with E-state index in [-0.39, 0.29) is 0 Å². The molecule has 0 aliphatic heterocycles. The van der Waals surface area contributed by atoms with Crippen molar-refractivity contribution in [3.05, 3.63) is 24.4 Å². The highest BCUT2D eigenvalue weighted by atomic mass is 16.5. The number of nitrogens with one attached hydrogen (secondary N) is 1. The third-order valence-electron chi connectivity index (χ3n) is 2.77. The van der Waals surface area contributed by atoms with E-state index in [2.05, 4.69) is 28.0 Å². The molecule has 16 heavy (non-hydrogen) atoms. The average Bonchev–Trinajstić information content (AvgIpc) is 2.71. The summed E-state index contributed by atoms with van der Waals surface area (Å²) in [5.74, 6) is 0.659. The average molecular weight is 219 g/mol. The van der Waals surface area contributed by atoms with Gasteiger partial charge in [0, 0.05) is 24.8 Å². The molecule has 0 amide bonds. The van der Waals surface area contributed by atoms with Crippen LogP contribution in [0.25, 0.3) is 11.0 Å². The van der Waals surface area contributed by atoms with Gasteiger partial charge in [0.05, 0.1) is 18.1 Å². The highest BCUT2D eigenvalue weighted by Crippen LogP contribution is 2.17. The second-order valence-corrected chi connectivity index (χ2v) is 3.92. The van der Waals surface area contributed by atoms with Crippen molar-refractivity contribution in [3.63, 3.8) is 0 Å². The van der Waals surface area contributed by atoms with Gasteiger partial charge in [-0.2, -0.15) is 0 Å². The molecule has 1 atom stereocenters. The van der Waals surface area contributed by atoms with Crippen molar-refractivity contribution in [2.24, 2.45) is 0 Å². The Balaban J connectivity index is 2.34. The summed E-state index contributed by atoms with van der Waals surface area (Å²) in [7, 11) is 3.60. The number of likely N-dealkylation sites (N-methyl/N-ethyl adjacent to an activating group) is 1. The Morgan fingerprint density at radius 1 is 1.44 bits per heavy atom. The third-order valence-corrected chi connectivity index (χ3v) is 2.77. The number of nitrogens with zero attached hydrogens (tertiary/aromatic N) is 2. The second-order valence-electron chi connectivity index (χ2n) is 3.92. The minimum atomic E-state index is 0.442. The van der Waals surface area contributed by atoms with E-state index in [1.165, 1.54) is 0 Å². The van der Waals surface area contributed by atoms with Crippen molar-refractivity contribution >= 4 is 11.0 Å². The first-order chi connectivity index (χ1) is 7.74. The lowest BCUT2D eigenvalue weighted by molar-refractivity contribution is 0.399. The van der Waals surface area contributed by atoms with E-state index in [4.69, 9.17) is 4.74 Å². The quantitative estimate of drug-likeness (QED) is 0.850. The third kappa shape index (κ3) is 2.02. The monoisotopic (exact) mass is 219 g/mol. The van der Waals surface area contributed by atoms with Crippen LogP contribution in [-0.2, 0) is 6.54 Å². The summed E-state index contributed by atoms with van der Waals surface area (Å²) < 4.78 is 7.30. The summed E-state index contributed by atoms with van der Waals surface area (Å²) in [5, 5.41) is 3.22. The molecule has 0 aromatic carbocycles. The molecule has 4 heteroatoms. The zero-order chi connectivity index (χ0) is 11.5. The van der Waals surface area contributed by atoms with E-state index in [0.717, 1.165) is 17.6 Å². The molecule has 1 N–H and O–H groups in total. The van der Waals surface area contributed by atoms with Crippen LogP contribution in [0.3, 0.4) is 0 Å². The number of hydrogen-bond acceptors (Lipinski definition) is 3. The highest BCUT2D eigenvalue weighted by Gasteiger charge is 2.06. The van der Waals surface area contributed by atoms with Crippen LogP contribution in [-0.4, -0.2) is 29.8 Å². The molecule has 1 unspecified atom stereocenters. The number of methoxy groups -OCH3 is 1. The molecule has 4 nitrogen and oxygen atoms in total. The molecule has 0 radical (unpaired) electrons. The van der Waals surface area contributed by atoms with Crippen molar-refractivity contribution in [2.45, 2.75) is 19.5 Å². The number of rotatable bonds is 4. The summed E-state index contributed by atoms with van der Waals surface area (Å²) in [5.41, 5.74) is 2.12. The Morgan fingerprint density at radius 3 is 2.94 bits per heavy atom. The van der Waals surface area contributed by atoms with Crippen LogP contribution in [0.5, 0.6) is 5.88 Å². The molecule has 0 spiro atoms. The normalized spacial score (nSPS) is 12.9. The predicted molar refractivity (Wildman–Crippen MR) is 64.8 cm³/mol. The minimum Gasteiger partial charge on any atom is -0.481 e. The van der Waals surface area contributed by atoms with Crippen molar-refractivity contribution in [1.82, 2.24) is 14.9 Å². The minimum absolute atomic E-state index is 0.442. The van der Waals surface area contributed by atoms with Crippen LogP contribution in [0.1, 0.15) is 6.92 Å². The molecule has 2 rings (SSSR count). The van der Waals surface area contributed by atoms with Gasteiger partial charge in [0.25, 0.3) is 0 Å². The Bertz CT molecular complexity index is 478. The van der Waals surface area contributed by atoms with Gasteiger partial charge in [0.15, 0.2) is 0 Å². The van der Waals surface area contributed by atoms with Crippen molar-refractivity contribution < 1.29 is 4.74 Å². The maximum atomic E-state index is 5.10. The van der Waals surface area contributed by atoms with Crippen molar-refractivity contribution in [3.8, 4) is 5.88 Å². The lowest BCUT2D eigenvalue weighted by Gasteiger charge is -2.12. The fraction of sp³-hybridized carbons (Fsp3) is 0.417. The van der Waals surface area contributed by atoms with Gasteiger partial charge in [-0.1, -0.05) is 0 Å². The molecule has 2 aromatic rings. The first-order valence-corrected chi connectivity index (χ1v) is 5.41. The molecular weight excluding hydrogens is 202 g/mol. The molecule has 86 valence electrons. The molecule has 0 bridgehead atoms. The fourth-order valence-electron chi connectivity index (χ4n) is 1.71. The molecule has 2 heterocycles. The zero-order valence-corrected chi connectivity index (χ0v) is 9.90. The van der Waals surface area contributed by atoms with Crippen LogP contribution in [0.15, 0.2) is 24.4 Å². The number of hydrogen-bond donors (Lipinski definition) is 1. The van der Waals surface area contributed by atoms with Gasteiger partial charge in [0.2, 0.25) is 5.88 Å². The largest absolute Gasteiger partial charge is 0.481 e. The number of ether oxygens (including phenoxy) is 1. The standard InChI is InChI=1S/C12H17N3O/c1-9(13-2)8-15-7-6-10-11(15)4-5-12(14-10)16-3/h4-7,9,13H,8H2,1-3H3. The van der Waals surface area contributed by atoms with Crippen LogP contribution in [0.4, 0.5) is 0 Å². The smallest absolute Gasteiger partial charge is 0.213 e. The van der Waals surface area contributed by atoms with Crippen LogP contribution >= 0.6 is 0 Å². The first-order valence-electron chi connectivity index (χ1n) is 5.41.